The summed E-state index contributed by atoms with van der Waals surface area (Å²) < 4.78 is 36.6. The fraction of sp³-hybridized carbons (Fsp3) is 0.400. The highest BCUT2D eigenvalue weighted by Gasteiger charge is 2.45. The van der Waals surface area contributed by atoms with Crippen molar-refractivity contribution in [3.63, 3.8) is 0 Å². The minimum atomic E-state index is -1.12. The SMILES string of the molecule is [2H]c1c([2H])c(C2=COC3CC(O)CC(O)C3C2=O)c([2H])c([2H])c1O. The number of carbonyl (C=O) groups excluding carboxylic acids is 1. The summed E-state index contributed by atoms with van der Waals surface area (Å²) in [4.78, 5) is 12.7. The molecule has 5 nitrogen and oxygen atoms in total. The van der Waals surface area contributed by atoms with Crippen molar-refractivity contribution in [3.8, 4) is 5.75 Å². The fourth-order valence-electron chi connectivity index (χ4n) is 2.68. The predicted molar refractivity (Wildman–Crippen MR) is 70.7 cm³/mol. The molecule has 0 amide bonds. The fourth-order valence-corrected chi connectivity index (χ4v) is 2.68. The molecule has 1 fully saturated rings. The normalized spacial score (nSPS) is 35.9. The number of Topliss-reactive ketones (excluding diaryl/α,β-unsaturated/α-hetero) is 1. The van der Waals surface area contributed by atoms with E-state index in [0.29, 0.717) is 0 Å². The molecule has 3 rings (SSSR count). The minimum Gasteiger partial charge on any atom is -0.508 e. The lowest BCUT2D eigenvalue weighted by Gasteiger charge is -2.39. The van der Waals surface area contributed by atoms with Crippen LogP contribution < -0.4 is 0 Å². The molecule has 0 saturated heterocycles. The summed E-state index contributed by atoms with van der Waals surface area (Å²) >= 11 is 0. The van der Waals surface area contributed by atoms with Crippen LogP contribution in [-0.4, -0.2) is 39.4 Å². The Morgan fingerprint density at radius 1 is 1.20 bits per heavy atom. The molecule has 1 aromatic rings. The molecule has 20 heavy (non-hydrogen) atoms. The first-order chi connectivity index (χ1) is 11.2. The summed E-state index contributed by atoms with van der Waals surface area (Å²) in [6, 6.07) is -2.41. The highest BCUT2D eigenvalue weighted by Crippen LogP contribution is 2.36. The lowest BCUT2D eigenvalue weighted by molar-refractivity contribution is -0.137. The number of hydrogen-bond donors (Lipinski definition) is 3. The maximum absolute atomic E-state index is 12.7. The van der Waals surface area contributed by atoms with Crippen molar-refractivity contribution in [2.24, 2.45) is 5.92 Å². The number of fused-ring (bicyclic) bond motifs is 1. The first-order valence-electron chi connectivity index (χ1n) is 8.29. The molecule has 106 valence electrons. The Morgan fingerprint density at radius 3 is 2.60 bits per heavy atom. The van der Waals surface area contributed by atoms with Gasteiger partial charge in [0, 0.05) is 12.8 Å². The van der Waals surface area contributed by atoms with E-state index >= 15 is 0 Å². The maximum Gasteiger partial charge on any atom is 0.175 e. The van der Waals surface area contributed by atoms with Crippen molar-refractivity contribution >= 4 is 11.4 Å². The molecule has 0 bridgehead atoms. The highest BCUT2D eigenvalue weighted by atomic mass is 16.5. The van der Waals surface area contributed by atoms with Crippen LogP contribution in [-0.2, 0) is 9.53 Å². The number of hydrogen-bond acceptors (Lipinski definition) is 5. The molecule has 4 unspecified atom stereocenters. The Balaban J connectivity index is 2.10. The Bertz CT molecular complexity index is 719. The number of benzene rings is 1. The zero-order valence-corrected chi connectivity index (χ0v) is 10.5. The molecule has 4 atom stereocenters. The van der Waals surface area contributed by atoms with Gasteiger partial charge >= 0.3 is 0 Å². The van der Waals surface area contributed by atoms with Crippen LogP contribution in [0.5, 0.6) is 5.75 Å². The van der Waals surface area contributed by atoms with Gasteiger partial charge in [0.05, 0.1) is 35.4 Å². The van der Waals surface area contributed by atoms with Crippen molar-refractivity contribution in [1.82, 2.24) is 0 Å². The van der Waals surface area contributed by atoms with Crippen LogP contribution in [0.3, 0.4) is 0 Å². The summed E-state index contributed by atoms with van der Waals surface area (Å²) in [5, 5.41) is 29.4. The van der Waals surface area contributed by atoms with Crippen LogP contribution in [0.25, 0.3) is 5.57 Å². The van der Waals surface area contributed by atoms with Crippen molar-refractivity contribution in [3.05, 3.63) is 36.0 Å². The minimum absolute atomic E-state index is 0.0218. The number of ether oxygens (including phenoxy) is 1. The molecule has 0 aromatic heterocycles. The van der Waals surface area contributed by atoms with Gasteiger partial charge in [-0.1, -0.05) is 12.1 Å². The lowest BCUT2D eigenvalue weighted by Crippen LogP contribution is -2.48. The molecular formula is C15H16O5. The van der Waals surface area contributed by atoms with E-state index in [2.05, 4.69) is 0 Å². The third-order valence-electron chi connectivity index (χ3n) is 3.64. The quantitative estimate of drug-likeness (QED) is 0.709. The standard InChI is InChI=1S/C15H16O5/c16-9-3-1-8(2-4-9)11-7-20-13-6-10(17)5-12(18)14(13)15(11)19/h1-4,7,10,12-14,16-18H,5-6H2/i1D,2D,3D,4D. The zero-order chi connectivity index (χ0) is 17.8. The van der Waals surface area contributed by atoms with Crippen molar-refractivity contribution in [2.45, 2.75) is 31.2 Å². The van der Waals surface area contributed by atoms with Crippen LogP contribution in [0.2, 0.25) is 0 Å². The summed E-state index contributed by atoms with van der Waals surface area (Å²) in [5.74, 6) is -2.29. The number of rotatable bonds is 1. The van der Waals surface area contributed by atoms with Gasteiger partial charge in [0.2, 0.25) is 0 Å². The van der Waals surface area contributed by atoms with Crippen LogP contribution in [0, 0.1) is 5.92 Å². The predicted octanol–water partition coefficient (Wildman–Crippen LogP) is 0.833. The van der Waals surface area contributed by atoms with Crippen LogP contribution in [0.1, 0.15) is 23.9 Å². The number of carbonyl (C=O) groups is 1. The van der Waals surface area contributed by atoms with E-state index in [4.69, 9.17) is 10.2 Å². The van der Waals surface area contributed by atoms with Crippen molar-refractivity contribution in [2.75, 3.05) is 0 Å². The van der Waals surface area contributed by atoms with Crippen LogP contribution >= 0.6 is 0 Å². The van der Waals surface area contributed by atoms with Crippen molar-refractivity contribution in [1.29, 1.82) is 0 Å². The average molecular weight is 280 g/mol. The largest absolute Gasteiger partial charge is 0.508 e. The number of aliphatic hydroxyl groups excluding tert-OH is 2. The molecule has 2 aliphatic rings. The van der Waals surface area contributed by atoms with E-state index in [1.165, 1.54) is 0 Å². The Labute approximate surface area is 121 Å². The third kappa shape index (κ3) is 2.19. The second-order valence-corrected chi connectivity index (χ2v) is 5.01. The molecule has 1 aliphatic carbocycles. The molecule has 1 aliphatic heterocycles. The van der Waals surface area contributed by atoms with Gasteiger partial charge < -0.3 is 20.1 Å². The molecular weight excluding hydrogens is 260 g/mol. The summed E-state index contributed by atoms with van der Waals surface area (Å²) in [6.07, 6.45) is -1.35. The topological polar surface area (TPSA) is 87.0 Å². The lowest BCUT2D eigenvalue weighted by atomic mass is 9.76. The maximum atomic E-state index is 12.7. The Kier molecular flexibility index (Phi) is 2.25. The number of phenols is 1. The molecule has 0 radical (unpaired) electrons. The summed E-state index contributed by atoms with van der Waals surface area (Å²) in [5.41, 5.74) is -0.451. The van der Waals surface area contributed by atoms with Crippen molar-refractivity contribution < 1.29 is 30.3 Å². The van der Waals surface area contributed by atoms with Gasteiger partial charge in [-0.05, 0) is 17.6 Å². The third-order valence-corrected chi connectivity index (χ3v) is 3.64. The highest BCUT2D eigenvalue weighted by molar-refractivity contribution is 6.22. The average Bonchev–Trinajstić information content (AvgIpc) is 2.52. The summed E-state index contributed by atoms with van der Waals surface area (Å²) in [7, 11) is 0. The number of phenolic OH excluding ortho intramolecular Hbond substituents is 1. The van der Waals surface area contributed by atoms with Gasteiger partial charge in [-0.15, -0.1) is 0 Å². The molecule has 0 spiro atoms. The number of allylic oxidation sites excluding steroid dienone is 1. The van der Waals surface area contributed by atoms with Gasteiger partial charge in [-0.25, -0.2) is 0 Å². The van der Waals surface area contributed by atoms with E-state index in [9.17, 15) is 20.1 Å². The Morgan fingerprint density at radius 2 is 1.90 bits per heavy atom. The monoisotopic (exact) mass is 280 g/mol. The van der Waals surface area contributed by atoms with E-state index in [1.54, 1.807) is 0 Å². The summed E-state index contributed by atoms with van der Waals surface area (Å²) in [6.45, 7) is 0. The Hall–Kier alpha value is -1.85. The van der Waals surface area contributed by atoms with Gasteiger partial charge in [0.15, 0.2) is 5.78 Å². The van der Waals surface area contributed by atoms with Gasteiger partial charge in [-0.3, -0.25) is 4.79 Å². The van der Waals surface area contributed by atoms with Gasteiger partial charge in [0.1, 0.15) is 11.9 Å². The number of aromatic hydroxyl groups is 1. The number of aliphatic hydroxyl groups is 2. The van der Waals surface area contributed by atoms with E-state index in [1.807, 2.05) is 0 Å². The smallest absolute Gasteiger partial charge is 0.175 e. The second-order valence-electron chi connectivity index (χ2n) is 5.01. The van der Waals surface area contributed by atoms with Crippen LogP contribution in [0.15, 0.2) is 30.4 Å². The zero-order valence-electron chi connectivity index (χ0n) is 14.5. The second kappa shape index (κ2) is 4.92. The first-order valence-corrected chi connectivity index (χ1v) is 6.29. The van der Waals surface area contributed by atoms with E-state index in [0.717, 1.165) is 6.26 Å². The molecule has 1 heterocycles. The van der Waals surface area contributed by atoms with Crippen LogP contribution in [0.4, 0.5) is 0 Å². The molecule has 1 saturated carbocycles. The van der Waals surface area contributed by atoms with Gasteiger partial charge in [0.25, 0.3) is 0 Å². The molecule has 1 aromatic carbocycles. The van der Waals surface area contributed by atoms with E-state index in [-0.39, 0.29) is 24.0 Å². The number of ketones is 1. The first kappa shape index (κ1) is 9.15. The van der Waals surface area contributed by atoms with Gasteiger partial charge in [-0.2, -0.15) is 0 Å². The molecule has 5 heteroatoms. The molecule has 3 N–H and O–H groups in total. The van der Waals surface area contributed by atoms with E-state index < -0.39 is 59.9 Å².